The fourth-order valence-electron chi connectivity index (χ4n) is 1.56. The van der Waals surface area contributed by atoms with Gasteiger partial charge in [-0.25, -0.2) is 13.1 Å². The van der Waals surface area contributed by atoms with Crippen LogP contribution in [0.5, 0.6) is 0 Å². The molecule has 0 fully saturated rings. The van der Waals surface area contributed by atoms with Gasteiger partial charge >= 0.3 is 0 Å². The lowest BCUT2D eigenvalue weighted by Gasteiger charge is -2.06. The number of halogens is 3. The van der Waals surface area contributed by atoms with Crippen molar-refractivity contribution in [3.63, 3.8) is 0 Å². The Kier molecular flexibility index (Phi) is 5.50. The highest BCUT2D eigenvalue weighted by Crippen LogP contribution is 2.26. The van der Waals surface area contributed by atoms with E-state index in [4.69, 9.17) is 23.2 Å². The second-order valence-electron chi connectivity index (χ2n) is 3.94. The van der Waals surface area contributed by atoms with Crippen molar-refractivity contribution in [1.82, 2.24) is 4.72 Å². The van der Waals surface area contributed by atoms with E-state index in [2.05, 4.69) is 20.7 Å². The SMILES string of the molecule is O=S(=O)(NCCc1ccc(Cl)cc1Cl)c1ccc(Br)s1. The Morgan fingerprint density at radius 2 is 1.95 bits per heavy atom. The van der Waals surface area contributed by atoms with Crippen LogP contribution in [0.4, 0.5) is 0 Å². The zero-order valence-electron chi connectivity index (χ0n) is 10.1. The molecule has 0 saturated carbocycles. The summed E-state index contributed by atoms with van der Waals surface area (Å²) in [4.78, 5) is 0. The second-order valence-corrected chi connectivity index (χ2v) is 9.24. The van der Waals surface area contributed by atoms with Gasteiger partial charge in [0.05, 0.1) is 3.79 Å². The molecule has 2 rings (SSSR count). The van der Waals surface area contributed by atoms with Crippen molar-refractivity contribution in [2.45, 2.75) is 10.6 Å². The summed E-state index contributed by atoms with van der Waals surface area (Å²) < 4.78 is 27.6. The van der Waals surface area contributed by atoms with Gasteiger partial charge in [-0.15, -0.1) is 11.3 Å². The van der Waals surface area contributed by atoms with Crippen LogP contribution in [0.15, 0.2) is 38.3 Å². The van der Waals surface area contributed by atoms with Crippen LogP contribution in [0.25, 0.3) is 0 Å². The Morgan fingerprint density at radius 3 is 2.55 bits per heavy atom. The number of thiophene rings is 1. The molecule has 1 aromatic heterocycles. The van der Waals surface area contributed by atoms with E-state index < -0.39 is 10.0 Å². The molecule has 20 heavy (non-hydrogen) atoms. The highest BCUT2D eigenvalue weighted by Gasteiger charge is 2.15. The summed E-state index contributed by atoms with van der Waals surface area (Å²) in [7, 11) is -3.46. The Hall–Kier alpha value is -0.110. The summed E-state index contributed by atoms with van der Waals surface area (Å²) in [5.41, 5.74) is 0.853. The summed E-state index contributed by atoms with van der Waals surface area (Å²) in [6.45, 7) is 0.277. The lowest BCUT2D eigenvalue weighted by molar-refractivity contribution is 0.584. The molecule has 0 aliphatic carbocycles. The molecule has 0 radical (unpaired) electrons. The van der Waals surface area contributed by atoms with Gasteiger partial charge in [0, 0.05) is 16.6 Å². The topological polar surface area (TPSA) is 46.2 Å². The first kappa shape index (κ1) is 16.3. The molecule has 0 spiro atoms. The maximum Gasteiger partial charge on any atom is 0.250 e. The lowest BCUT2D eigenvalue weighted by atomic mass is 10.1. The molecule has 0 atom stereocenters. The van der Waals surface area contributed by atoms with E-state index in [1.54, 1.807) is 30.3 Å². The third-order valence-corrected chi connectivity index (χ3v) is 6.68. The van der Waals surface area contributed by atoms with Gasteiger partial charge in [-0.05, 0) is 52.2 Å². The maximum atomic E-state index is 12.0. The number of nitrogens with one attached hydrogen (secondary N) is 1. The van der Waals surface area contributed by atoms with E-state index in [1.807, 2.05) is 0 Å². The molecule has 108 valence electrons. The molecular weight excluding hydrogens is 405 g/mol. The molecule has 1 N–H and O–H groups in total. The minimum Gasteiger partial charge on any atom is -0.210 e. The average Bonchev–Trinajstić information content (AvgIpc) is 2.79. The smallest absolute Gasteiger partial charge is 0.210 e. The molecule has 0 amide bonds. The van der Waals surface area contributed by atoms with Crippen LogP contribution in [-0.4, -0.2) is 15.0 Å². The van der Waals surface area contributed by atoms with Crippen molar-refractivity contribution in [2.24, 2.45) is 0 Å². The molecule has 8 heteroatoms. The molecular formula is C12H10BrCl2NO2S2. The zero-order valence-corrected chi connectivity index (χ0v) is 14.8. The molecule has 1 heterocycles. The number of hydrogen-bond acceptors (Lipinski definition) is 3. The first-order chi connectivity index (χ1) is 9.38. The van der Waals surface area contributed by atoms with Gasteiger partial charge in [-0.1, -0.05) is 29.3 Å². The summed E-state index contributed by atoms with van der Waals surface area (Å²) in [5, 5.41) is 1.10. The van der Waals surface area contributed by atoms with Gasteiger partial charge in [0.2, 0.25) is 10.0 Å². The van der Waals surface area contributed by atoms with E-state index in [1.165, 1.54) is 11.3 Å². The first-order valence-electron chi connectivity index (χ1n) is 5.57. The molecule has 0 saturated heterocycles. The van der Waals surface area contributed by atoms with Crippen LogP contribution in [0.3, 0.4) is 0 Å². The molecule has 0 bridgehead atoms. The predicted octanol–water partition coefficient (Wildman–Crippen LogP) is 4.34. The van der Waals surface area contributed by atoms with Crippen molar-refractivity contribution in [3.05, 3.63) is 49.7 Å². The van der Waals surface area contributed by atoms with E-state index in [0.717, 1.165) is 9.35 Å². The molecule has 1 aromatic carbocycles. The van der Waals surface area contributed by atoms with Crippen LogP contribution in [0.2, 0.25) is 10.0 Å². The van der Waals surface area contributed by atoms with Gasteiger partial charge in [-0.3, -0.25) is 0 Å². The number of hydrogen-bond donors (Lipinski definition) is 1. The number of rotatable bonds is 5. The van der Waals surface area contributed by atoms with Crippen LogP contribution >= 0.6 is 50.5 Å². The Morgan fingerprint density at radius 1 is 1.20 bits per heavy atom. The molecule has 2 aromatic rings. The predicted molar refractivity (Wildman–Crippen MR) is 87.4 cm³/mol. The van der Waals surface area contributed by atoms with Crippen LogP contribution in [0.1, 0.15) is 5.56 Å². The summed E-state index contributed by atoms with van der Waals surface area (Å²) in [6.07, 6.45) is 0.502. The average molecular weight is 415 g/mol. The Bertz CT molecular complexity index is 716. The monoisotopic (exact) mass is 413 g/mol. The zero-order chi connectivity index (χ0) is 14.8. The minimum absolute atomic E-state index is 0.277. The fourth-order valence-corrected chi connectivity index (χ4v) is 5.15. The molecule has 0 aliphatic rings. The fraction of sp³-hybridized carbons (Fsp3) is 0.167. The van der Waals surface area contributed by atoms with Crippen molar-refractivity contribution >= 4 is 60.5 Å². The molecule has 3 nitrogen and oxygen atoms in total. The number of benzene rings is 1. The quantitative estimate of drug-likeness (QED) is 0.790. The largest absolute Gasteiger partial charge is 0.250 e. The van der Waals surface area contributed by atoms with Crippen molar-refractivity contribution < 1.29 is 8.42 Å². The van der Waals surface area contributed by atoms with Gasteiger partial charge in [0.1, 0.15) is 4.21 Å². The molecule has 0 aliphatic heterocycles. The Labute approximate surface area is 140 Å². The standard InChI is InChI=1S/C12H10BrCl2NO2S2/c13-11-3-4-12(19-11)20(17,18)16-6-5-8-1-2-9(14)7-10(8)15/h1-4,7,16H,5-6H2. The summed E-state index contributed by atoms with van der Waals surface area (Å²) >= 11 is 16.3. The second kappa shape index (κ2) is 6.77. The van der Waals surface area contributed by atoms with Crippen LogP contribution < -0.4 is 4.72 Å². The van der Waals surface area contributed by atoms with Crippen molar-refractivity contribution in [3.8, 4) is 0 Å². The van der Waals surface area contributed by atoms with Gasteiger partial charge in [0.25, 0.3) is 0 Å². The van der Waals surface area contributed by atoms with Gasteiger partial charge < -0.3 is 0 Å². The summed E-state index contributed by atoms with van der Waals surface area (Å²) in [5.74, 6) is 0. The maximum absolute atomic E-state index is 12.0. The summed E-state index contributed by atoms with van der Waals surface area (Å²) in [6, 6.07) is 8.43. The third kappa shape index (κ3) is 4.19. The van der Waals surface area contributed by atoms with E-state index >= 15 is 0 Å². The minimum atomic E-state index is -3.46. The van der Waals surface area contributed by atoms with E-state index in [-0.39, 0.29) is 10.8 Å². The van der Waals surface area contributed by atoms with Gasteiger partial charge in [0.15, 0.2) is 0 Å². The highest BCUT2D eigenvalue weighted by molar-refractivity contribution is 9.11. The van der Waals surface area contributed by atoms with Crippen molar-refractivity contribution in [1.29, 1.82) is 0 Å². The normalized spacial score (nSPS) is 11.8. The highest BCUT2D eigenvalue weighted by atomic mass is 79.9. The van der Waals surface area contributed by atoms with Crippen molar-refractivity contribution in [2.75, 3.05) is 6.54 Å². The molecule has 0 unspecified atom stereocenters. The van der Waals surface area contributed by atoms with E-state index in [0.29, 0.717) is 16.5 Å². The lowest BCUT2D eigenvalue weighted by Crippen LogP contribution is -2.25. The Balaban J connectivity index is 1.99. The van der Waals surface area contributed by atoms with E-state index in [9.17, 15) is 8.42 Å². The first-order valence-corrected chi connectivity index (χ1v) is 9.42. The van der Waals surface area contributed by atoms with Crippen LogP contribution in [0, 0.1) is 0 Å². The number of sulfonamides is 1. The third-order valence-electron chi connectivity index (χ3n) is 2.51. The van der Waals surface area contributed by atoms with Gasteiger partial charge in [-0.2, -0.15) is 0 Å². The van der Waals surface area contributed by atoms with Crippen LogP contribution in [-0.2, 0) is 16.4 Å².